The van der Waals surface area contributed by atoms with Crippen molar-refractivity contribution in [3.05, 3.63) is 59.8 Å². The van der Waals surface area contributed by atoms with Crippen LogP contribution in [0.4, 0.5) is 11.4 Å². The van der Waals surface area contributed by atoms with Gasteiger partial charge < -0.3 is 20.1 Å². The van der Waals surface area contributed by atoms with Gasteiger partial charge in [0.05, 0.1) is 30.5 Å². The second-order valence-corrected chi connectivity index (χ2v) is 7.53. The Labute approximate surface area is 166 Å². The number of pyridine rings is 1. The highest BCUT2D eigenvalue weighted by Crippen LogP contribution is 2.40. The summed E-state index contributed by atoms with van der Waals surface area (Å²) >= 11 is 0. The molecule has 1 aromatic heterocycles. The zero-order chi connectivity index (χ0) is 19.7. The van der Waals surface area contributed by atoms with E-state index >= 15 is 0 Å². The SMILES string of the molecule is CNc1cc2ncc(C)c(N3CCCC(O)(c4ccccc4)C3)c2cc1OC. The summed E-state index contributed by atoms with van der Waals surface area (Å²) in [6.07, 6.45) is 3.61. The summed E-state index contributed by atoms with van der Waals surface area (Å²) in [7, 11) is 3.56. The highest BCUT2D eigenvalue weighted by molar-refractivity contribution is 5.97. The van der Waals surface area contributed by atoms with Crippen LogP contribution in [-0.4, -0.2) is 37.3 Å². The zero-order valence-corrected chi connectivity index (χ0v) is 16.7. The van der Waals surface area contributed by atoms with Gasteiger partial charge in [0, 0.05) is 25.2 Å². The lowest BCUT2D eigenvalue weighted by Crippen LogP contribution is -2.46. The number of fused-ring (bicyclic) bond motifs is 1. The van der Waals surface area contributed by atoms with Crippen molar-refractivity contribution < 1.29 is 9.84 Å². The fourth-order valence-electron chi connectivity index (χ4n) is 4.30. The van der Waals surface area contributed by atoms with Gasteiger partial charge in [-0.2, -0.15) is 0 Å². The number of hydrogen-bond acceptors (Lipinski definition) is 5. The number of rotatable bonds is 4. The van der Waals surface area contributed by atoms with Crippen LogP contribution in [0, 0.1) is 6.92 Å². The van der Waals surface area contributed by atoms with Crippen molar-refractivity contribution in [3.8, 4) is 5.75 Å². The number of methoxy groups -OCH3 is 1. The molecule has 5 nitrogen and oxygen atoms in total. The lowest BCUT2D eigenvalue weighted by atomic mass is 9.85. The molecule has 0 amide bonds. The van der Waals surface area contributed by atoms with Gasteiger partial charge in [-0.1, -0.05) is 30.3 Å². The van der Waals surface area contributed by atoms with E-state index in [0.717, 1.165) is 58.5 Å². The number of aliphatic hydroxyl groups is 1. The minimum Gasteiger partial charge on any atom is -0.495 e. The molecule has 2 heterocycles. The summed E-state index contributed by atoms with van der Waals surface area (Å²) in [6, 6.07) is 14.1. The van der Waals surface area contributed by atoms with E-state index in [0.29, 0.717) is 6.54 Å². The summed E-state index contributed by atoms with van der Waals surface area (Å²) < 4.78 is 5.58. The van der Waals surface area contributed by atoms with E-state index in [4.69, 9.17) is 4.74 Å². The molecule has 4 rings (SSSR count). The molecule has 1 atom stereocenters. The van der Waals surface area contributed by atoms with Crippen molar-refractivity contribution in [1.82, 2.24) is 4.98 Å². The number of anilines is 2. The first kappa shape index (κ1) is 18.6. The number of ether oxygens (including phenoxy) is 1. The number of aryl methyl sites for hydroxylation is 1. The smallest absolute Gasteiger partial charge is 0.142 e. The maximum Gasteiger partial charge on any atom is 0.142 e. The van der Waals surface area contributed by atoms with Gasteiger partial charge in [0.15, 0.2) is 0 Å². The highest BCUT2D eigenvalue weighted by Gasteiger charge is 2.36. The maximum absolute atomic E-state index is 11.4. The van der Waals surface area contributed by atoms with Crippen molar-refractivity contribution >= 4 is 22.3 Å². The second kappa shape index (κ2) is 7.32. The molecule has 3 aromatic rings. The molecule has 1 saturated heterocycles. The molecule has 1 aliphatic rings. The molecule has 0 bridgehead atoms. The van der Waals surface area contributed by atoms with Crippen LogP contribution >= 0.6 is 0 Å². The lowest BCUT2D eigenvalue weighted by molar-refractivity contribution is 0.0220. The first-order chi connectivity index (χ1) is 13.6. The minimum atomic E-state index is -0.851. The molecule has 1 aliphatic heterocycles. The van der Waals surface area contributed by atoms with Crippen LogP contribution < -0.4 is 15.0 Å². The van der Waals surface area contributed by atoms with Crippen molar-refractivity contribution in [1.29, 1.82) is 0 Å². The van der Waals surface area contributed by atoms with E-state index in [2.05, 4.69) is 22.1 Å². The topological polar surface area (TPSA) is 57.6 Å². The van der Waals surface area contributed by atoms with Crippen molar-refractivity contribution in [3.63, 3.8) is 0 Å². The van der Waals surface area contributed by atoms with Gasteiger partial charge in [0.2, 0.25) is 0 Å². The first-order valence-corrected chi connectivity index (χ1v) is 9.74. The number of nitrogens with zero attached hydrogens (tertiary/aromatic N) is 2. The molecule has 0 saturated carbocycles. The second-order valence-electron chi connectivity index (χ2n) is 7.53. The third-order valence-electron chi connectivity index (χ3n) is 5.71. The predicted molar refractivity (Wildman–Crippen MR) is 114 cm³/mol. The van der Waals surface area contributed by atoms with Gasteiger partial charge in [0.1, 0.15) is 11.4 Å². The van der Waals surface area contributed by atoms with Crippen LogP contribution in [0.15, 0.2) is 48.7 Å². The average molecular weight is 377 g/mol. The summed E-state index contributed by atoms with van der Waals surface area (Å²) in [4.78, 5) is 6.93. The maximum atomic E-state index is 11.4. The van der Waals surface area contributed by atoms with E-state index < -0.39 is 5.60 Å². The van der Waals surface area contributed by atoms with E-state index in [1.54, 1.807) is 7.11 Å². The van der Waals surface area contributed by atoms with Crippen LogP contribution in [-0.2, 0) is 5.60 Å². The van der Waals surface area contributed by atoms with E-state index in [1.165, 1.54) is 0 Å². The van der Waals surface area contributed by atoms with E-state index in [9.17, 15) is 5.11 Å². The van der Waals surface area contributed by atoms with Gasteiger partial charge in [-0.3, -0.25) is 4.98 Å². The Kier molecular flexibility index (Phi) is 4.85. The van der Waals surface area contributed by atoms with E-state index in [1.807, 2.05) is 55.7 Å². The Morgan fingerprint density at radius 1 is 1.21 bits per heavy atom. The Bertz CT molecular complexity index is 990. The van der Waals surface area contributed by atoms with Gasteiger partial charge >= 0.3 is 0 Å². The Hall–Kier alpha value is -2.79. The van der Waals surface area contributed by atoms with Crippen LogP contribution in [0.3, 0.4) is 0 Å². The number of piperidine rings is 1. The number of benzene rings is 2. The highest BCUT2D eigenvalue weighted by atomic mass is 16.5. The molecule has 2 N–H and O–H groups in total. The molecule has 5 heteroatoms. The van der Waals surface area contributed by atoms with Crippen LogP contribution in [0.2, 0.25) is 0 Å². The molecule has 0 aliphatic carbocycles. The number of nitrogens with one attached hydrogen (secondary N) is 1. The van der Waals surface area contributed by atoms with Gasteiger partial charge in [-0.05, 0) is 43.0 Å². The van der Waals surface area contributed by atoms with Gasteiger partial charge in [-0.15, -0.1) is 0 Å². The molecule has 2 aromatic carbocycles. The number of aromatic nitrogens is 1. The lowest BCUT2D eigenvalue weighted by Gasteiger charge is -2.41. The summed E-state index contributed by atoms with van der Waals surface area (Å²) in [5, 5.41) is 15.6. The molecule has 28 heavy (non-hydrogen) atoms. The fraction of sp³-hybridized carbons (Fsp3) is 0.348. The number of hydrogen-bond donors (Lipinski definition) is 2. The Balaban J connectivity index is 1.81. The average Bonchev–Trinajstić information content (AvgIpc) is 2.73. The number of β-amino-alcohol motifs (C(OH)–C–C–N with tert-alkyl or cyclic N) is 1. The molecule has 1 unspecified atom stereocenters. The Morgan fingerprint density at radius 3 is 2.71 bits per heavy atom. The fourth-order valence-corrected chi connectivity index (χ4v) is 4.30. The van der Waals surface area contributed by atoms with Crippen LogP contribution in [0.5, 0.6) is 5.75 Å². The predicted octanol–water partition coefficient (Wildman–Crippen LogP) is 4.08. The molecule has 1 fully saturated rings. The first-order valence-electron chi connectivity index (χ1n) is 9.74. The summed E-state index contributed by atoms with van der Waals surface area (Å²) in [6.45, 7) is 3.55. The van der Waals surface area contributed by atoms with Crippen molar-refractivity contribution in [2.45, 2.75) is 25.4 Å². The monoisotopic (exact) mass is 377 g/mol. The van der Waals surface area contributed by atoms with Gasteiger partial charge in [0.25, 0.3) is 0 Å². The molecule has 0 radical (unpaired) electrons. The largest absolute Gasteiger partial charge is 0.495 e. The van der Waals surface area contributed by atoms with E-state index in [-0.39, 0.29) is 0 Å². The third kappa shape index (κ3) is 3.16. The normalized spacial score (nSPS) is 19.6. The third-order valence-corrected chi connectivity index (χ3v) is 5.71. The molecular weight excluding hydrogens is 350 g/mol. The molecular formula is C23H27N3O2. The Morgan fingerprint density at radius 2 is 2.00 bits per heavy atom. The summed E-state index contributed by atoms with van der Waals surface area (Å²) in [5.74, 6) is 0.791. The van der Waals surface area contributed by atoms with Crippen molar-refractivity contribution in [2.24, 2.45) is 0 Å². The van der Waals surface area contributed by atoms with Crippen molar-refractivity contribution in [2.75, 3.05) is 37.5 Å². The quantitative estimate of drug-likeness (QED) is 0.717. The molecule has 146 valence electrons. The van der Waals surface area contributed by atoms with Crippen LogP contribution in [0.25, 0.3) is 10.9 Å². The molecule has 0 spiro atoms. The van der Waals surface area contributed by atoms with Gasteiger partial charge in [-0.25, -0.2) is 0 Å². The minimum absolute atomic E-state index is 0.563. The zero-order valence-electron chi connectivity index (χ0n) is 16.7. The summed E-state index contributed by atoms with van der Waals surface area (Å²) in [5.41, 5.74) is 4.18. The van der Waals surface area contributed by atoms with Crippen LogP contribution in [0.1, 0.15) is 24.0 Å². The standard InChI is InChI=1S/C23H27N3O2/c1-16-14-25-19-13-20(24-2)21(28-3)12-18(19)22(16)26-11-7-10-23(27,15-26)17-8-5-4-6-9-17/h4-6,8-9,12-14,24,27H,7,10-11,15H2,1-3H3.